The highest BCUT2D eigenvalue weighted by atomic mass is 16.6. The van der Waals surface area contributed by atoms with Crippen molar-refractivity contribution < 1.29 is 13.9 Å². The van der Waals surface area contributed by atoms with Crippen molar-refractivity contribution in [3.63, 3.8) is 0 Å². The molecule has 21 heavy (non-hydrogen) atoms. The van der Waals surface area contributed by atoms with E-state index >= 15 is 0 Å². The molecule has 5 nitrogen and oxygen atoms in total. The number of carbonyl (C=O) groups is 1. The largest absolute Gasteiger partial charge is 0.469 e. The van der Waals surface area contributed by atoms with E-state index in [-0.39, 0.29) is 12.1 Å². The molecule has 118 valence electrons. The molecule has 2 N–H and O–H groups in total. The molecule has 2 atom stereocenters. The molecule has 1 aromatic heterocycles. The van der Waals surface area contributed by atoms with Crippen molar-refractivity contribution in [2.45, 2.75) is 64.6 Å². The lowest BCUT2D eigenvalue weighted by Gasteiger charge is -2.27. The maximum absolute atomic E-state index is 11.6. The van der Waals surface area contributed by atoms with Gasteiger partial charge in [-0.3, -0.25) is 0 Å². The van der Waals surface area contributed by atoms with Crippen LogP contribution in [0.25, 0.3) is 0 Å². The van der Waals surface area contributed by atoms with Crippen molar-refractivity contribution in [3.05, 3.63) is 23.7 Å². The Bertz CT molecular complexity index is 476. The van der Waals surface area contributed by atoms with Gasteiger partial charge in [0, 0.05) is 30.6 Å². The zero-order valence-electron chi connectivity index (χ0n) is 13.4. The van der Waals surface area contributed by atoms with Gasteiger partial charge in [-0.15, -0.1) is 0 Å². The summed E-state index contributed by atoms with van der Waals surface area (Å²) in [6, 6.07) is 2.52. The van der Waals surface area contributed by atoms with Crippen molar-refractivity contribution in [1.29, 1.82) is 0 Å². The monoisotopic (exact) mass is 294 g/mol. The molecule has 0 saturated carbocycles. The van der Waals surface area contributed by atoms with Crippen LogP contribution in [0.15, 0.2) is 16.7 Å². The predicted octanol–water partition coefficient (Wildman–Crippen LogP) is 3.16. The molecule has 1 aromatic rings. The van der Waals surface area contributed by atoms with E-state index in [1.54, 1.807) is 6.26 Å². The topological polar surface area (TPSA) is 63.5 Å². The normalized spacial score (nSPS) is 19.7. The minimum Gasteiger partial charge on any atom is -0.469 e. The first-order valence-corrected chi connectivity index (χ1v) is 7.64. The summed E-state index contributed by atoms with van der Waals surface area (Å²) >= 11 is 0. The SMILES string of the molecule is CC(CNC(=O)OC(C)(C)C)NC1CCCc2occc21. The third kappa shape index (κ3) is 4.77. The van der Waals surface area contributed by atoms with Gasteiger partial charge in [0.05, 0.1) is 6.26 Å². The van der Waals surface area contributed by atoms with Crippen molar-refractivity contribution in [2.75, 3.05) is 6.54 Å². The number of aryl methyl sites for hydroxylation is 1. The fraction of sp³-hybridized carbons (Fsp3) is 0.688. The molecule has 0 aromatic carbocycles. The van der Waals surface area contributed by atoms with Crippen LogP contribution in [0.4, 0.5) is 4.79 Å². The third-order valence-electron chi connectivity index (χ3n) is 3.49. The van der Waals surface area contributed by atoms with E-state index in [9.17, 15) is 4.79 Å². The third-order valence-corrected chi connectivity index (χ3v) is 3.49. The Morgan fingerprint density at radius 3 is 3.00 bits per heavy atom. The van der Waals surface area contributed by atoms with Crippen molar-refractivity contribution in [3.8, 4) is 0 Å². The lowest BCUT2D eigenvalue weighted by Crippen LogP contribution is -2.42. The molecule has 1 aliphatic rings. The molecular formula is C16H26N2O3. The first-order valence-electron chi connectivity index (χ1n) is 7.64. The first-order chi connectivity index (χ1) is 9.85. The molecule has 1 amide bonds. The van der Waals surface area contributed by atoms with Gasteiger partial charge in [-0.05, 0) is 46.6 Å². The Morgan fingerprint density at radius 2 is 2.29 bits per heavy atom. The number of furan rings is 1. The second-order valence-electron chi connectivity index (χ2n) is 6.69. The summed E-state index contributed by atoms with van der Waals surface area (Å²) in [7, 11) is 0. The van der Waals surface area contributed by atoms with Crippen molar-refractivity contribution in [1.82, 2.24) is 10.6 Å². The Morgan fingerprint density at radius 1 is 1.52 bits per heavy atom. The Labute approximate surface area is 126 Å². The number of hydrogen-bond donors (Lipinski definition) is 2. The Hall–Kier alpha value is -1.49. The second-order valence-corrected chi connectivity index (χ2v) is 6.69. The van der Waals surface area contributed by atoms with Crippen LogP contribution in [0.3, 0.4) is 0 Å². The van der Waals surface area contributed by atoms with Gasteiger partial charge in [0.1, 0.15) is 11.4 Å². The number of nitrogens with one attached hydrogen (secondary N) is 2. The summed E-state index contributed by atoms with van der Waals surface area (Å²) in [6.07, 6.45) is 4.64. The van der Waals surface area contributed by atoms with Gasteiger partial charge in [0.2, 0.25) is 0 Å². The van der Waals surface area contributed by atoms with Gasteiger partial charge in [0.15, 0.2) is 0 Å². The maximum Gasteiger partial charge on any atom is 0.407 e. The quantitative estimate of drug-likeness (QED) is 0.895. The molecular weight excluding hydrogens is 268 g/mol. The zero-order chi connectivity index (χ0) is 15.5. The molecule has 2 unspecified atom stereocenters. The summed E-state index contributed by atoms with van der Waals surface area (Å²) in [5.41, 5.74) is 0.792. The van der Waals surface area contributed by atoms with Crippen LogP contribution in [-0.2, 0) is 11.2 Å². The molecule has 0 spiro atoms. The van der Waals surface area contributed by atoms with E-state index in [4.69, 9.17) is 9.15 Å². The van der Waals surface area contributed by atoms with Crippen LogP contribution < -0.4 is 10.6 Å². The van der Waals surface area contributed by atoms with Gasteiger partial charge in [-0.2, -0.15) is 0 Å². The van der Waals surface area contributed by atoms with Gasteiger partial charge >= 0.3 is 6.09 Å². The summed E-state index contributed by atoms with van der Waals surface area (Å²) in [5, 5.41) is 6.35. The number of ether oxygens (including phenoxy) is 1. The number of fused-ring (bicyclic) bond motifs is 1. The Balaban J connectivity index is 1.78. The summed E-state index contributed by atoms with van der Waals surface area (Å²) in [6.45, 7) is 8.18. The standard InChI is InChI=1S/C16H26N2O3/c1-11(10-17-15(19)21-16(2,3)4)18-13-6-5-7-14-12(13)8-9-20-14/h8-9,11,13,18H,5-7,10H2,1-4H3,(H,17,19). The van der Waals surface area contributed by atoms with Gasteiger partial charge < -0.3 is 19.8 Å². The molecule has 0 aliphatic heterocycles. The highest BCUT2D eigenvalue weighted by Gasteiger charge is 2.24. The highest BCUT2D eigenvalue weighted by molar-refractivity contribution is 5.67. The number of amides is 1. The van der Waals surface area contributed by atoms with Crippen LogP contribution in [0, 0.1) is 0 Å². The number of hydrogen-bond acceptors (Lipinski definition) is 4. The maximum atomic E-state index is 11.6. The molecule has 0 saturated heterocycles. The van der Waals surface area contributed by atoms with E-state index in [1.807, 2.05) is 26.8 Å². The number of alkyl carbamates (subject to hydrolysis) is 1. The average Bonchev–Trinajstić information content (AvgIpc) is 2.84. The number of carbonyl (C=O) groups excluding carboxylic acids is 1. The minimum absolute atomic E-state index is 0.170. The van der Waals surface area contributed by atoms with E-state index in [0.717, 1.165) is 25.0 Å². The van der Waals surface area contributed by atoms with Gasteiger partial charge in [-0.1, -0.05) is 0 Å². The van der Waals surface area contributed by atoms with Crippen LogP contribution in [-0.4, -0.2) is 24.3 Å². The van der Waals surface area contributed by atoms with E-state index in [1.165, 1.54) is 5.56 Å². The number of rotatable bonds is 4. The minimum atomic E-state index is -0.462. The summed E-state index contributed by atoms with van der Waals surface area (Å²) < 4.78 is 10.7. The first kappa shape index (κ1) is 15.9. The van der Waals surface area contributed by atoms with E-state index in [2.05, 4.69) is 17.6 Å². The van der Waals surface area contributed by atoms with Crippen LogP contribution in [0.2, 0.25) is 0 Å². The Kier molecular flexibility index (Phi) is 4.93. The predicted molar refractivity (Wildman–Crippen MR) is 81.2 cm³/mol. The summed E-state index contributed by atoms with van der Waals surface area (Å²) in [5.74, 6) is 1.09. The van der Waals surface area contributed by atoms with Crippen LogP contribution in [0.1, 0.15) is 57.9 Å². The molecule has 0 radical (unpaired) electrons. The highest BCUT2D eigenvalue weighted by Crippen LogP contribution is 2.30. The lowest BCUT2D eigenvalue weighted by molar-refractivity contribution is 0.0522. The fourth-order valence-electron chi connectivity index (χ4n) is 2.61. The molecule has 0 bridgehead atoms. The molecule has 2 rings (SSSR count). The molecule has 1 aliphatic carbocycles. The molecule has 0 fully saturated rings. The van der Waals surface area contributed by atoms with E-state index < -0.39 is 5.60 Å². The van der Waals surface area contributed by atoms with Crippen molar-refractivity contribution in [2.24, 2.45) is 0 Å². The zero-order valence-corrected chi connectivity index (χ0v) is 13.4. The fourth-order valence-corrected chi connectivity index (χ4v) is 2.61. The lowest BCUT2D eigenvalue weighted by atomic mass is 9.93. The van der Waals surface area contributed by atoms with E-state index in [0.29, 0.717) is 12.6 Å². The van der Waals surface area contributed by atoms with Crippen LogP contribution in [0.5, 0.6) is 0 Å². The molecule has 1 heterocycles. The van der Waals surface area contributed by atoms with Crippen molar-refractivity contribution >= 4 is 6.09 Å². The second kappa shape index (κ2) is 6.52. The summed E-state index contributed by atoms with van der Waals surface area (Å²) in [4.78, 5) is 11.6. The molecule has 5 heteroatoms. The van der Waals surface area contributed by atoms with Gasteiger partial charge in [-0.25, -0.2) is 4.79 Å². The average molecular weight is 294 g/mol. The van der Waals surface area contributed by atoms with Crippen LogP contribution >= 0.6 is 0 Å². The smallest absolute Gasteiger partial charge is 0.407 e. The van der Waals surface area contributed by atoms with Gasteiger partial charge in [0.25, 0.3) is 0 Å².